The number of carbonyl (C=O) groups is 1. The fourth-order valence-electron chi connectivity index (χ4n) is 2.71. The average Bonchev–Trinajstić information content (AvgIpc) is 3.17. The van der Waals surface area contributed by atoms with Crippen LogP contribution in [0, 0.1) is 12.7 Å². The van der Waals surface area contributed by atoms with E-state index in [0.29, 0.717) is 16.4 Å². The van der Waals surface area contributed by atoms with Gasteiger partial charge in [0.15, 0.2) is 5.70 Å². The molecule has 0 unspecified atom stereocenters. The third-order valence-electron chi connectivity index (χ3n) is 4.05. The number of para-hydroxylation sites is 1. The molecule has 0 bridgehead atoms. The molecule has 2 heterocycles. The van der Waals surface area contributed by atoms with Crippen LogP contribution in [-0.4, -0.2) is 21.6 Å². The SMILES string of the molecule is Cc1nn(-c2ccccc2)c(Cl)c1/C=C1/N=C(c2ccccc2F)OC1=O. The van der Waals surface area contributed by atoms with E-state index in [4.69, 9.17) is 16.3 Å². The molecule has 0 saturated heterocycles. The molecule has 0 fully saturated rings. The van der Waals surface area contributed by atoms with E-state index >= 15 is 0 Å². The van der Waals surface area contributed by atoms with E-state index in [1.165, 1.54) is 18.2 Å². The van der Waals surface area contributed by atoms with Gasteiger partial charge in [0.2, 0.25) is 5.90 Å². The van der Waals surface area contributed by atoms with Crippen LogP contribution in [0.2, 0.25) is 5.15 Å². The number of cyclic esters (lactones) is 1. The lowest BCUT2D eigenvalue weighted by Gasteiger charge is -2.01. The molecule has 0 N–H and O–H groups in total. The van der Waals surface area contributed by atoms with Crippen molar-refractivity contribution in [3.63, 3.8) is 0 Å². The smallest absolute Gasteiger partial charge is 0.363 e. The molecule has 5 nitrogen and oxygen atoms in total. The molecule has 134 valence electrons. The second-order valence-electron chi connectivity index (χ2n) is 5.85. The van der Waals surface area contributed by atoms with E-state index in [2.05, 4.69) is 10.1 Å². The van der Waals surface area contributed by atoms with E-state index in [1.807, 2.05) is 30.3 Å². The Balaban J connectivity index is 1.75. The summed E-state index contributed by atoms with van der Waals surface area (Å²) in [5.41, 5.74) is 2.12. The quantitative estimate of drug-likeness (QED) is 0.501. The molecule has 0 saturated carbocycles. The monoisotopic (exact) mass is 381 g/mol. The van der Waals surface area contributed by atoms with E-state index < -0.39 is 11.8 Å². The van der Waals surface area contributed by atoms with Crippen molar-refractivity contribution in [2.75, 3.05) is 0 Å². The molecule has 4 rings (SSSR count). The van der Waals surface area contributed by atoms with E-state index in [0.717, 1.165) is 5.69 Å². The van der Waals surface area contributed by atoms with Gasteiger partial charge in [-0.25, -0.2) is 18.9 Å². The molecule has 3 aromatic rings. The van der Waals surface area contributed by atoms with Gasteiger partial charge in [0, 0.05) is 5.56 Å². The summed E-state index contributed by atoms with van der Waals surface area (Å²) in [5.74, 6) is -1.26. The number of hydrogen-bond acceptors (Lipinski definition) is 4. The van der Waals surface area contributed by atoms with Crippen LogP contribution in [-0.2, 0) is 9.53 Å². The number of ether oxygens (including phenoxy) is 1. The summed E-state index contributed by atoms with van der Waals surface area (Å²) in [6, 6.07) is 15.3. The predicted octanol–water partition coefficient (Wildman–Crippen LogP) is 4.32. The first-order valence-corrected chi connectivity index (χ1v) is 8.50. The van der Waals surface area contributed by atoms with Crippen molar-refractivity contribution in [2.24, 2.45) is 4.99 Å². The summed E-state index contributed by atoms with van der Waals surface area (Å²) in [6.07, 6.45) is 1.50. The lowest BCUT2D eigenvalue weighted by molar-refractivity contribution is -0.129. The fourth-order valence-corrected chi connectivity index (χ4v) is 3.04. The minimum atomic E-state index is -0.670. The first-order chi connectivity index (χ1) is 13.0. The maximum absolute atomic E-state index is 13.9. The fraction of sp³-hybridized carbons (Fsp3) is 0.0500. The van der Waals surface area contributed by atoms with Crippen LogP contribution >= 0.6 is 11.6 Å². The number of aromatic nitrogens is 2. The Morgan fingerprint density at radius 3 is 2.56 bits per heavy atom. The predicted molar refractivity (Wildman–Crippen MR) is 100 cm³/mol. The Labute approximate surface area is 159 Å². The van der Waals surface area contributed by atoms with Crippen LogP contribution in [0.15, 0.2) is 65.3 Å². The van der Waals surface area contributed by atoms with Gasteiger partial charge >= 0.3 is 5.97 Å². The van der Waals surface area contributed by atoms with Crippen LogP contribution in [0.4, 0.5) is 4.39 Å². The number of aryl methyl sites for hydroxylation is 1. The average molecular weight is 382 g/mol. The van der Waals surface area contributed by atoms with Gasteiger partial charge in [0.25, 0.3) is 0 Å². The van der Waals surface area contributed by atoms with Crippen molar-refractivity contribution in [3.8, 4) is 5.69 Å². The zero-order valence-corrected chi connectivity index (χ0v) is 14.9. The molecule has 1 aromatic heterocycles. The van der Waals surface area contributed by atoms with Crippen molar-refractivity contribution in [1.29, 1.82) is 0 Å². The Kier molecular flexibility index (Phi) is 4.33. The molecular weight excluding hydrogens is 369 g/mol. The van der Waals surface area contributed by atoms with Crippen LogP contribution < -0.4 is 0 Å². The van der Waals surface area contributed by atoms with Crippen LogP contribution in [0.3, 0.4) is 0 Å². The van der Waals surface area contributed by atoms with Crippen molar-refractivity contribution < 1.29 is 13.9 Å². The standard InChI is InChI=1S/C20H13ClFN3O2/c1-12-15(18(21)25(24-12)13-7-3-2-4-8-13)11-17-20(26)27-19(23-17)14-9-5-6-10-16(14)22/h2-11H,1H3/b17-11+. The molecule has 0 atom stereocenters. The molecule has 0 spiro atoms. The maximum Gasteiger partial charge on any atom is 0.363 e. The Morgan fingerprint density at radius 1 is 1.11 bits per heavy atom. The van der Waals surface area contributed by atoms with E-state index in [9.17, 15) is 9.18 Å². The number of halogens is 2. The lowest BCUT2D eigenvalue weighted by atomic mass is 10.2. The van der Waals surface area contributed by atoms with Gasteiger partial charge in [-0.3, -0.25) is 0 Å². The maximum atomic E-state index is 13.9. The summed E-state index contributed by atoms with van der Waals surface area (Å²) in [6.45, 7) is 1.78. The molecule has 0 aliphatic carbocycles. The van der Waals surface area contributed by atoms with Gasteiger partial charge in [-0.05, 0) is 37.3 Å². The van der Waals surface area contributed by atoms with Crippen molar-refractivity contribution in [2.45, 2.75) is 6.92 Å². The Morgan fingerprint density at radius 2 is 1.81 bits per heavy atom. The van der Waals surface area contributed by atoms with Gasteiger partial charge in [-0.1, -0.05) is 41.9 Å². The molecule has 7 heteroatoms. The Bertz CT molecular complexity index is 1100. The number of nitrogens with zero attached hydrogens (tertiary/aromatic N) is 3. The van der Waals surface area contributed by atoms with Crippen LogP contribution in [0.5, 0.6) is 0 Å². The second-order valence-corrected chi connectivity index (χ2v) is 6.21. The molecule has 27 heavy (non-hydrogen) atoms. The number of rotatable bonds is 3. The summed E-state index contributed by atoms with van der Waals surface area (Å²) in [5, 5.41) is 4.76. The second kappa shape index (κ2) is 6.81. The van der Waals surface area contributed by atoms with E-state index in [1.54, 1.807) is 23.7 Å². The summed E-state index contributed by atoms with van der Waals surface area (Å²) in [4.78, 5) is 16.3. The van der Waals surface area contributed by atoms with E-state index in [-0.39, 0.29) is 17.2 Å². The molecule has 1 aliphatic heterocycles. The van der Waals surface area contributed by atoms with Gasteiger partial charge < -0.3 is 4.74 Å². The normalized spacial score (nSPS) is 15.1. The summed E-state index contributed by atoms with van der Waals surface area (Å²) < 4.78 is 20.6. The van der Waals surface area contributed by atoms with Gasteiger partial charge in [-0.15, -0.1) is 0 Å². The molecule has 0 radical (unpaired) electrons. The number of esters is 1. The highest BCUT2D eigenvalue weighted by Crippen LogP contribution is 2.28. The van der Waals surface area contributed by atoms with Crippen molar-refractivity contribution in [1.82, 2.24) is 9.78 Å². The Hall–Kier alpha value is -3.25. The minimum Gasteiger partial charge on any atom is -0.402 e. The first kappa shape index (κ1) is 17.2. The molecule has 0 amide bonds. The first-order valence-electron chi connectivity index (χ1n) is 8.12. The van der Waals surface area contributed by atoms with Gasteiger partial charge in [0.1, 0.15) is 11.0 Å². The zero-order chi connectivity index (χ0) is 19.0. The topological polar surface area (TPSA) is 56.5 Å². The molecular formula is C20H13ClFN3O2. The number of hydrogen-bond donors (Lipinski definition) is 0. The van der Waals surface area contributed by atoms with Crippen LogP contribution in [0.25, 0.3) is 11.8 Å². The zero-order valence-electron chi connectivity index (χ0n) is 14.2. The number of benzene rings is 2. The number of aliphatic imine (C=N–C) groups is 1. The highest BCUT2D eigenvalue weighted by Gasteiger charge is 2.27. The third-order valence-corrected chi connectivity index (χ3v) is 4.42. The van der Waals surface area contributed by atoms with Gasteiger partial charge in [-0.2, -0.15) is 5.10 Å². The van der Waals surface area contributed by atoms with Gasteiger partial charge in [0.05, 0.1) is 16.9 Å². The minimum absolute atomic E-state index is 0.0332. The highest BCUT2D eigenvalue weighted by atomic mass is 35.5. The number of carbonyl (C=O) groups excluding carboxylic acids is 1. The molecule has 1 aliphatic rings. The summed E-state index contributed by atoms with van der Waals surface area (Å²) in [7, 11) is 0. The largest absolute Gasteiger partial charge is 0.402 e. The van der Waals surface area contributed by atoms with Crippen molar-refractivity contribution >= 4 is 29.5 Å². The highest BCUT2D eigenvalue weighted by molar-refractivity contribution is 6.31. The third kappa shape index (κ3) is 3.15. The van der Waals surface area contributed by atoms with Crippen LogP contribution in [0.1, 0.15) is 16.8 Å². The molecule has 2 aromatic carbocycles. The lowest BCUT2D eigenvalue weighted by Crippen LogP contribution is -2.07. The van der Waals surface area contributed by atoms with Crippen molar-refractivity contribution in [3.05, 3.63) is 88.1 Å². The summed E-state index contributed by atoms with van der Waals surface area (Å²) >= 11 is 6.46.